The molecule has 0 radical (unpaired) electrons. The van der Waals surface area contributed by atoms with Crippen molar-refractivity contribution in [2.24, 2.45) is 10.4 Å². The van der Waals surface area contributed by atoms with Crippen molar-refractivity contribution in [3.8, 4) is 0 Å². The summed E-state index contributed by atoms with van der Waals surface area (Å²) >= 11 is 17.6. The standard InChI is InChI=1S/C14H17BrCl2N2S/c1-14(2,3)6-9-7-18-13(20-9)19-12-10(16)4-8(15)5-11(12)17/h4-5,9H,6-7H2,1-3H3,(H,18,19). The number of nitrogens with one attached hydrogen (secondary N) is 1. The molecule has 1 aromatic rings. The zero-order valence-electron chi connectivity index (χ0n) is 11.6. The first-order chi connectivity index (χ1) is 9.24. The maximum atomic E-state index is 6.21. The number of amidine groups is 1. The Balaban J connectivity index is 2.03. The molecule has 0 bridgehead atoms. The highest BCUT2D eigenvalue weighted by Crippen LogP contribution is 2.37. The molecule has 0 saturated heterocycles. The number of aliphatic imine (C=N–C) groups is 1. The van der Waals surface area contributed by atoms with Crippen LogP contribution in [-0.2, 0) is 0 Å². The third kappa shape index (κ3) is 4.55. The molecule has 1 unspecified atom stereocenters. The summed E-state index contributed by atoms with van der Waals surface area (Å²) in [6.45, 7) is 7.60. The lowest BCUT2D eigenvalue weighted by atomic mass is 9.90. The maximum Gasteiger partial charge on any atom is 0.161 e. The fourth-order valence-electron chi connectivity index (χ4n) is 2.04. The van der Waals surface area contributed by atoms with Crippen LogP contribution in [0.4, 0.5) is 5.69 Å². The Morgan fingerprint density at radius 2 is 1.95 bits per heavy atom. The van der Waals surface area contributed by atoms with Crippen LogP contribution in [0.1, 0.15) is 27.2 Å². The number of anilines is 1. The summed E-state index contributed by atoms with van der Waals surface area (Å²) in [5.41, 5.74) is 1.04. The Hall–Kier alpha value is 0.1000. The lowest BCUT2D eigenvalue weighted by molar-refractivity contribution is 0.375. The molecule has 1 aliphatic rings. The number of thioether (sulfide) groups is 1. The van der Waals surface area contributed by atoms with Crippen LogP contribution in [0.15, 0.2) is 21.6 Å². The van der Waals surface area contributed by atoms with Crippen molar-refractivity contribution in [1.29, 1.82) is 0 Å². The summed E-state index contributed by atoms with van der Waals surface area (Å²) in [4.78, 5) is 4.54. The van der Waals surface area contributed by atoms with E-state index in [9.17, 15) is 0 Å². The van der Waals surface area contributed by atoms with Gasteiger partial charge in [-0.2, -0.15) is 0 Å². The minimum Gasteiger partial charge on any atom is -0.333 e. The molecule has 0 aromatic heterocycles. The van der Waals surface area contributed by atoms with Crippen molar-refractivity contribution in [2.45, 2.75) is 32.4 Å². The van der Waals surface area contributed by atoms with Gasteiger partial charge in [-0.05, 0) is 24.0 Å². The summed E-state index contributed by atoms with van der Waals surface area (Å²) in [7, 11) is 0. The van der Waals surface area contributed by atoms with Gasteiger partial charge in [-0.1, -0.05) is 71.7 Å². The number of rotatable bonds is 2. The van der Waals surface area contributed by atoms with Gasteiger partial charge in [-0.25, -0.2) is 0 Å². The van der Waals surface area contributed by atoms with E-state index in [1.165, 1.54) is 0 Å². The number of nitrogens with zero attached hydrogens (tertiary/aromatic N) is 1. The average molecular weight is 396 g/mol. The molecule has 0 spiro atoms. The fourth-order valence-corrected chi connectivity index (χ4v) is 4.71. The van der Waals surface area contributed by atoms with Crippen LogP contribution >= 0.6 is 50.9 Å². The van der Waals surface area contributed by atoms with Crippen LogP contribution in [-0.4, -0.2) is 17.0 Å². The molecule has 2 nitrogen and oxygen atoms in total. The molecule has 6 heteroatoms. The summed E-state index contributed by atoms with van der Waals surface area (Å²) in [5, 5.41) is 5.84. The molecule has 2 rings (SSSR count). The predicted molar refractivity (Wildman–Crippen MR) is 95.5 cm³/mol. The topological polar surface area (TPSA) is 24.4 Å². The lowest BCUT2D eigenvalue weighted by Crippen LogP contribution is -2.16. The molecule has 0 saturated carbocycles. The van der Waals surface area contributed by atoms with Gasteiger partial charge in [0.05, 0.1) is 22.3 Å². The van der Waals surface area contributed by atoms with E-state index < -0.39 is 0 Å². The smallest absolute Gasteiger partial charge is 0.161 e. The molecule has 1 N–H and O–H groups in total. The SMILES string of the molecule is CC(C)(C)CC1CN=C(Nc2c(Cl)cc(Br)cc2Cl)S1. The van der Waals surface area contributed by atoms with E-state index in [4.69, 9.17) is 23.2 Å². The van der Waals surface area contributed by atoms with Gasteiger partial charge >= 0.3 is 0 Å². The second kappa shape index (κ2) is 6.47. The lowest BCUT2D eigenvalue weighted by Gasteiger charge is -2.21. The van der Waals surface area contributed by atoms with Crippen LogP contribution in [0.25, 0.3) is 0 Å². The minimum atomic E-state index is 0.315. The van der Waals surface area contributed by atoms with Crippen molar-refractivity contribution in [3.63, 3.8) is 0 Å². The number of benzene rings is 1. The van der Waals surface area contributed by atoms with Crippen LogP contribution in [0.3, 0.4) is 0 Å². The fraction of sp³-hybridized carbons (Fsp3) is 0.500. The highest BCUT2D eigenvalue weighted by atomic mass is 79.9. The number of halogens is 3. The maximum absolute atomic E-state index is 6.21. The van der Waals surface area contributed by atoms with Crippen LogP contribution in [0.5, 0.6) is 0 Å². The third-order valence-corrected chi connectivity index (χ3v) is 4.95. The van der Waals surface area contributed by atoms with Gasteiger partial charge in [0, 0.05) is 9.72 Å². The van der Waals surface area contributed by atoms with Crippen molar-refractivity contribution >= 4 is 61.7 Å². The van der Waals surface area contributed by atoms with Crippen LogP contribution in [0, 0.1) is 5.41 Å². The summed E-state index contributed by atoms with van der Waals surface area (Å²) in [5.74, 6) is 0. The Kier molecular flexibility index (Phi) is 5.33. The zero-order valence-corrected chi connectivity index (χ0v) is 15.5. The van der Waals surface area contributed by atoms with E-state index in [2.05, 4.69) is 47.0 Å². The molecule has 0 fully saturated rings. The molecule has 20 heavy (non-hydrogen) atoms. The Morgan fingerprint density at radius 1 is 1.35 bits per heavy atom. The third-order valence-electron chi connectivity index (χ3n) is 2.80. The normalized spacial score (nSPS) is 19.1. The van der Waals surface area contributed by atoms with E-state index in [0.717, 1.165) is 28.3 Å². The molecule has 0 aliphatic carbocycles. The van der Waals surface area contributed by atoms with Gasteiger partial charge in [-0.3, -0.25) is 4.99 Å². The first-order valence-corrected chi connectivity index (χ1v) is 8.80. The summed E-state index contributed by atoms with van der Waals surface area (Å²) < 4.78 is 0.865. The van der Waals surface area contributed by atoms with E-state index in [1.807, 2.05) is 12.1 Å². The van der Waals surface area contributed by atoms with Crippen molar-refractivity contribution in [2.75, 3.05) is 11.9 Å². The van der Waals surface area contributed by atoms with Crippen LogP contribution in [0.2, 0.25) is 10.0 Å². The molecule has 0 amide bonds. The van der Waals surface area contributed by atoms with Gasteiger partial charge in [-0.15, -0.1) is 0 Å². The summed E-state index contributed by atoms with van der Waals surface area (Å²) in [6, 6.07) is 3.64. The molecular formula is C14H17BrCl2N2S. The van der Waals surface area contributed by atoms with Gasteiger partial charge in [0.15, 0.2) is 5.17 Å². The number of hydrogen-bond donors (Lipinski definition) is 1. The monoisotopic (exact) mass is 394 g/mol. The zero-order chi connectivity index (χ0) is 14.9. The highest BCUT2D eigenvalue weighted by molar-refractivity contribution is 9.10. The van der Waals surface area contributed by atoms with Gasteiger partial charge in [0.1, 0.15) is 0 Å². The molecule has 1 atom stereocenters. The largest absolute Gasteiger partial charge is 0.333 e. The van der Waals surface area contributed by atoms with Gasteiger partial charge in [0.2, 0.25) is 0 Å². The average Bonchev–Trinajstić information content (AvgIpc) is 2.68. The van der Waals surface area contributed by atoms with E-state index >= 15 is 0 Å². The molecular weight excluding hydrogens is 379 g/mol. The highest BCUT2D eigenvalue weighted by Gasteiger charge is 2.25. The van der Waals surface area contributed by atoms with Gasteiger partial charge < -0.3 is 5.32 Å². The van der Waals surface area contributed by atoms with Crippen molar-refractivity contribution < 1.29 is 0 Å². The second-order valence-corrected chi connectivity index (χ2v) is 9.04. The Bertz CT molecular complexity index is 517. The molecule has 1 aromatic carbocycles. The van der Waals surface area contributed by atoms with Crippen molar-refractivity contribution in [1.82, 2.24) is 0 Å². The Morgan fingerprint density at radius 3 is 2.50 bits per heavy atom. The predicted octanol–water partition coefficient (Wildman–Crippen LogP) is 6.08. The number of hydrogen-bond acceptors (Lipinski definition) is 3. The van der Waals surface area contributed by atoms with Gasteiger partial charge in [0.25, 0.3) is 0 Å². The van der Waals surface area contributed by atoms with E-state index in [-0.39, 0.29) is 0 Å². The van der Waals surface area contributed by atoms with Crippen molar-refractivity contribution in [3.05, 3.63) is 26.7 Å². The van der Waals surface area contributed by atoms with E-state index in [0.29, 0.717) is 20.7 Å². The molecule has 1 heterocycles. The molecule has 110 valence electrons. The minimum absolute atomic E-state index is 0.315. The second-order valence-electron chi connectivity index (χ2n) is 6.02. The Labute approximate surface area is 142 Å². The molecule has 1 aliphatic heterocycles. The quantitative estimate of drug-likeness (QED) is 0.656. The first-order valence-electron chi connectivity index (χ1n) is 6.37. The summed E-state index contributed by atoms with van der Waals surface area (Å²) in [6.07, 6.45) is 1.13. The van der Waals surface area contributed by atoms with E-state index in [1.54, 1.807) is 11.8 Å². The van der Waals surface area contributed by atoms with Crippen LogP contribution < -0.4 is 5.32 Å². The first kappa shape index (κ1) is 16.5.